The summed E-state index contributed by atoms with van der Waals surface area (Å²) in [4.78, 5) is 28.2. The summed E-state index contributed by atoms with van der Waals surface area (Å²) in [5.41, 5.74) is 2.17. The second-order valence-electron chi connectivity index (χ2n) is 4.84. The third-order valence-electron chi connectivity index (χ3n) is 3.10. The first-order chi connectivity index (χ1) is 11.0. The third kappa shape index (κ3) is 4.50. The topological polar surface area (TPSA) is 71.1 Å². The second kappa shape index (κ2) is 7.69. The van der Waals surface area contributed by atoms with Crippen LogP contribution in [0.15, 0.2) is 53.7 Å². The third-order valence-corrected chi connectivity index (χ3v) is 3.59. The highest BCUT2D eigenvalue weighted by Crippen LogP contribution is 2.20. The van der Waals surface area contributed by atoms with Gasteiger partial charge in [0, 0.05) is 28.5 Å². The molecule has 0 aliphatic heterocycles. The fraction of sp³-hybridized carbons (Fsp3) is 0.118. The molecular weight excluding hydrogens is 358 g/mol. The molecule has 0 spiro atoms. The highest BCUT2D eigenvalue weighted by atomic mass is 79.9. The summed E-state index contributed by atoms with van der Waals surface area (Å²) in [6, 6.07) is 8.57. The van der Waals surface area contributed by atoms with Crippen LogP contribution in [0, 0.1) is 6.92 Å². The van der Waals surface area contributed by atoms with E-state index in [-0.39, 0.29) is 17.5 Å². The Morgan fingerprint density at radius 3 is 2.74 bits per heavy atom. The highest BCUT2D eigenvalue weighted by Gasteiger charge is 2.12. The van der Waals surface area contributed by atoms with Crippen molar-refractivity contribution in [2.24, 2.45) is 0 Å². The van der Waals surface area contributed by atoms with Crippen molar-refractivity contribution in [1.82, 2.24) is 10.3 Å². The van der Waals surface area contributed by atoms with Crippen molar-refractivity contribution in [2.75, 3.05) is 11.9 Å². The van der Waals surface area contributed by atoms with Gasteiger partial charge in [-0.25, -0.2) is 0 Å². The average Bonchev–Trinajstić information content (AvgIpc) is 2.55. The molecule has 1 aromatic carbocycles. The molecule has 0 fully saturated rings. The largest absolute Gasteiger partial charge is 0.349 e. The molecule has 2 aromatic rings. The summed E-state index contributed by atoms with van der Waals surface area (Å²) >= 11 is 3.38. The molecule has 0 aliphatic rings. The molecule has 0 radical (unpaired) electrons. The molecule has 0 bridgehead atoms. The lowest BCUT2D eigenvalue weighted by Crippen LogP contribution is -2.24. The molecule has 118 valence electrons. The molecule has 0 saturated heterocycles. The molecule has 23 heavy (non-hydrogen) atoms. The summed E-state index contributed by atoms with van der Waals surface area (Å²) in [6.45, 7) is 5.80. The predicted octanol–water partition coefficient (Wildman–Crippen LogP) is 3.32. The number of rotatable bonds is 5. The number of aryl methyl sites for hydroxylation is 1. The Bertz CT molecular complexity index is 759. The number of hydrogen-bond acceptors (Lipinski definition) is 3. The van der Waals surface area contributed by atoms with Gasteiger partial charge in [0.05, 0.1) is 0 Å². The highest BCUT2D eigenvalue weighted by molar-refractivity contribution is 9.10. The minimum Gasteiger partial charge on any atom is -0.349 e. The lowest BCUT2D eigenvalue weighted by molar-refractivity contribution is 0.0958. The van der Waals surface area contributed by atoms with Gasteiger partial charge in [0.1, 0.15) is 5.69 Å². The lowest BCUT2D eigenvalue weighted by atomic mass is 10.2. The SMILES string of the molecule is C=CCNC(=O)c1ccnc(C(=O)Nc2ccc(Br)cc2C)c1. The molecule has 0 atom stereocenters. The summed E-state index contributed by atoms with van der Waals surface area (Å²) < 4.78 is 0.937. The van der Waals surface area contributed by atoms with Crippen LogP contribution in [0.1, 0.15) is 26.4 Å². The number of halogens is 1. The first-order valence-corrected chi connectivity index (χ1v) is 7.73. The molecule has 1 heterocycles. The number of carbonyl (C=O) groups excluding carboxylic acids is 2. The molecule has 0 aliphatic carbocycles. The number of amides is 2. The van der Waals surface area contributed by atoms with Crippen LogP contribution in [0.5, 0.6) is 0 Å². The van der Waals surface area contributed by atoms with Gasteiger partial charge in [-0.2, -0.15) is 0 Å². The van der Waals surface area contributed by atoms with Crippen molar-refractivity contribution < 1.29 is 9.59 Å². The quantitative estimate of drug-likeness (QED) is 0.789. The molecule has 0 saturated carbocycles. The van der Waals surface area contributed by atoms with Gasteiger partial charge < -0.3 is 10.6 Å². The van der Waals surface area contributed by atoms with E-state index in [2.05, 4.69) is 38.1 Å². The maximum absolute atomic E-state index is 12.3. The van der Waals surface area contributed by atoms with Gasteiger partial charge in [-0.05, 0) is 42.8 Å². The standard InChI is InChI=1S/C17H16BrN3O2/c1-3-7-20-16(22)12-6-8-19-15(10-12)17(23)21-14-5-4-13(18)9-11(14)2/h3-6,8-10H,1,7H2,2H3,(H,20,22)(H,21,23). The second-order valence-corrected chi connectivity index (χ2v) is 5.76. The molecule has 0 unspecified atom stereocenters. The van der Waals surface area contributed by atoms with Crippen LogP contribution >= 0.6 is 15.9 Å². The summed E-state index contributed by atoms with van der Waals surface area (Å²) in [5.74, 6) is -0.644. The number of carbonyl (C=O) groups is 2. The Labute approximate surface area is 142 Å². The Balaban J connectivity index is 2.16. The zero-order valence-electron chi connectivity index (χ0n) is 12.6. The Morgan fingerprint density at radius 2 is 2.04 bits per heavy atom. The fourth-order valence-corrected chi connectivity index (χ4v) is 2.39. The summed E-state index contributed by atoms with van der Waals surface area (Å²) in [5, 5.41) is 5.45. The van der Waals surface area contributed by atoms with Crippen molar-refractivity contribution in [2.45, 2.75) is 6.92 Å². The first kappa shape index (κ1) is 16.9. The van der Waals surface area contributed by atoms with E-state index >= 15 is 0 Å². The Hall–Kier alpha value is -2.47. The van der Waals surface area contributed by atoms with E-state index in [0.717, 1.165) is 10.0 Å². The maximum atomic E-state index is 12.3. The maximum Gasteiger partial charge on any atom is 0.274 e. The molecule has 6 heteroatoms. The van der Waals surface area contributed by atoms with E-state index in [1.54, 1.807) is 18.2 Å². The molecule has 2 amide bonds. The zero-order valence-corrected chi connectivity index (χ0v) is 14.2. The average molecular weight is 374 g/mol. The monoisotopic (exact) mass is 373 g/mol. The molecule has 2 N–H and O–H groups in total. The van der Waals surface area contributed by atoms with Gasteiger partial charge in [-0.15, -0.1) is 6.58 Å². The molecule has 2 rings (SSSR count). The van der Waals surface area contributed by atoms with Crippen molar-refractivity contribution in [1.29, 1.82) is 0 Å². The van der Waals surface area contributed by atoms with Gasteiger partial charge in [-0.3, -0.25) is 14.6 Å². The number of nitrogens with zero attached hydrogens (tertiary/aromatic N) is 1. The van der Waals surface area contributed by atoms with E-state index in [9.17, 15) is 9.59 Å². The number of anilines is 1. The fourth-order valence-electron chi connectivity index (χ4n) is 1.92. The lowest BCUT2D eigenvalue weighted by Gasteiger charge is -2.09. The minimum atomic E-state index is -0.367. The van der Waals surface area contributed by atoms with E-state index in [4.69, 9.17) is 0 Å². The van der Waals surface area contributed by atoms with E-state index < -0.39 is 0 Å². The number of hydrogen-bond donors (Lipinski definition) is 2. The van der Waals surface area contributed by atoms with Crippen LogP contribution in [0.2, 0.25) is 0 Å². The molecule has 1 aromatic heterocycles. The van der Waals surface area contributed by atoms with Gasteiger partial charge in [-0.1, -0.05) is 22.0 Å². The van der Waals surface area contributed by atoms with Crippen LogP contribution < -0.4 is 10.6 Å². The normalized spacial score (nSPS) is 10.0. The van der Waals surface area contributed by atoms with Gasteiger partial charge in [0.2, 0.25) is 0 Å². The van der Waals surface area contributed by atoms with Gasteiger partial charge in [0.15, 0.2) is 0 Å². The van der Waals surface area contributed by atoms with Crippen LogP contribution in [0.3, 0.4) is 0 Å². The number of benzene rings is 1. The van der Waals surface area contributed by atoms with Gasteiger partial charge >= 0.3 is 0 Å². The van der Waals surface area contributed by atoms with Crippen LogP contribution in [-0.2, 0) is 0 Å². The van der Waals surface area contributed by atoms with E-state index in [1.807, 2.05) is 19.1 Å². The number of aromatic nitrogens is 1. The van der Waals surface area contributed by atoms with Crippen molar-refractivity contribution in [3.63, 3.8) is 0 Å². The van der Waals surface area contributed by atoms with Crippen molar-refractivity contribution in [3.8, 4) is 0 Å². The van der Waals surface area contributed by atoms with Gasteiger partial charge in [0.25, 0.3) is 11.8 Å². The first-order valence-electron chi connectivity index (χ1n) is 6.94. The van der Waals surface area contributed by atoms with E-state index in [1.165, 1.54) is 12.3 Å². The van der Waals surface area contributed by atoms with E-state index in [0.29, 0.717) is 17.8 Å². The van der Waals surface area contributed by atoms with Crippen molar-refractivity contribution in [3.05, 3.63) is 70.5 Å². The summed E-state index contributed by atoms with van der Waals surface area (Å²) in [7, 11) is 0. The molecule has 5 nitrogen and oxygen atoms in total. The minimum absolute atomic E-state index is 0.179. The number of nitrogens with one attached hydrogen (secondary N) is 2. The summed E-state index contributed by atoms with van der Waals surface area (Å²) in [6.07, 6.45) is 3.02. The smallest absolute Gasteiger partial charge is 0.274 e. The molecular formula is C17H16BrN3O2. The van der Waals surface area contributed by atoms with Crippen molar-refractivity contribution >= 4 is 33.4 Å². The Kier molecular flexibility index (Phi) is 5.65. The predicted molar refractivity (Wildman–Crippen MR) is 93.6 cm³/mol. The number of pyridine rings is 1. The van der Waals surface area contributed by atoms with Crippen LogP contribution in [-0.4, -0.2) is 23.3 Å². The van der Waals surface area contributed by atoms with Crippen LogP contribution in [0.25, 0.3) is 0 Å². The zero-order chi connectivity index (χ0) is 16.8. The Morgan fingerprint density at radius 1 is 1.26 bits per heavy atom. The van der Waals surface area contributed by atoms with Crippen LogP contribution in [0.4, 0.5) is 5.69 Å².